The van der Waals surface area contributed by atoms with Crippen molar-refractivity contribution >= 4 is 23.5 Å². The molecule has 0 saturated heterocycles. The molecule has 0 aliphatic heterocycles. The number of esters is 1. The molecule has 0 spiro atoms. The fourth-order valence-corrected chi connectivity index (χ4v) is 2.94. The number of nitrogens with zero attached hydrogens (tertiary/aromatic N) is 1. The topological polar surface area (TPSA) is 88.9 Å². The summed E-state index contributed by atoms with van der Waals surface area (Å²) in [5, 5.41) is 2.76. The number of benzene rings is 2. The van der Waals surface area contributed by atoms with Crippen LogP contribution in [-0.2, 0) is 16.1 Å². The van der Waals surface area contributed by atoms with E-state index in [0.29, 0.717) is 22.6 Å². The zero-order valence-corrected chi connectivity index (χ0v) is 17.7. The highest BCUT2D eigenvalue weighted by atomic mass is 16.5. The van der Waals surface area contributed by atoms with Gasteiger partial charge in [0.2, 0.25) is 0 Å². The van der Waals surface area contributed by atoms with Crippen LogP contribution < -0.4 is 10.2 Å². The molecule has 0 aliphatic carbocycles. The lowest BCUT2D eigenvalue weighted by Crippen LogP contribution is -2.33. The number of likely N-dealkylation sites (N-methyl/N-ethyl adjacent to an activating group) is 1. The predicted octanol–water partition coefficient (Wildman–Crippen LogP) is 3.65. The Balaban J connectivity index is 1.64. The van der Waals surface area contributed by atoms with Gasteiger partial charge < -0.3 is 19.4 Å². The second-order valence-corrected chi connectivity index (χ2v) is 7.11. The first kappa shape index (κ1) is 21.8. The lowest BCUT2D eigenvalue weighted by Gasteiger charge is -2.20. The summed E-state index contributed by atoms with van der Waals surface area (Å²) in [6.07, 6.45) is 1.53. The number of amides is 2. The minimum Gasteiger partial charge on any atom is -0.467 e. The Hall–Kier alpha value is -3.87. The maximum Gasteiger partial charge on any atom is 0.338 e. The van der Waals surface area contributed by atoms with E-state index in [9.17, 15) is 14.4 Å². The number of carbonyl (C=O) groups is 3. The number of nitrogens with one attached hydrogen (secondary N) is 1. The van der Waals surface area contributed by atoms with E-state index in [0.717, 1.165) is 11.1 Å². The van der Waals surface area contributed by atoms with Gasteiger partial charge in [-0.25, -0.2) is 4.79 Å². The molecule has 0 aliphatic rings. The molecule has 1 heterocycles. The Morgan fingerprint density at radius 3 is 2.48 bits per heavy atom. The first-order valence-electron chi connectivity index (χ1n) is 9.77. The smallest absolute Gasteiger partial charge is 0.338 e. The number of ether oxygens (including phenoxy) is 1. The highest BCUT2D eigenvalue weighted by Crippen LogP contribution is 2.20. The van der Waals surface area contributed by atoms with Gasteiger partial charge in [-0.2, -0.15) is 0 Å². The summed E-state index contributed by atoms with van der Waals surface area (Å²) in [4.78, 5) is 38.8. The van der Waals surface area contributed by atoms with Gasteiger partial charge in [0.1, 0.15) is 5.76 Å². The molecule has 3 aromatic rings. The summed E-state index contributed by atoms with van der Waals surface area (Å²) < 4.78 is 10.4. The van der Waals surface area contributed by atoms with Crippen LogP contribution in [0.1, 0.15) is 37.6 Å². The quantitative estimate of drug-likeness (QED) is 0.590. The lowest BCUT2D eigenvalue weighted by molar-refractivity contribution is -0.121. The summed E-state index contributed by atoms with van der Waals surface area (Å²) in [6, 6.07) is 15.4. The zero-order chi connectivity index (χ0) is 22.4. The number of para-hydroxylation sites is 1. The van der Waals surface area contributed by atoms with Crippen molar-refractivity contribution in [2.24, 2.45) is 0 Å². The number of anilines is 1. The van der Waals surface area contributed by atoms with Gasteiger partial charge in [0, 0.05) is 7.05 Å². The maximum atomic E-state index is 12.6. The summed E-state index contributed by atoms with van der Waals surface area (Å²) in [7, 11) is 1.53. The summed E-state index contributed by atoms with van der Waals surface area (Å²) in [6.45, 7) is 3.64. The Bertz CT molecular complexity index is 1090. The minimum absolute atomic E-state index is 0.228. The van der Waals surface area contributed by atoms with Gasteiger partial charge in [0.25, 0.3) is 11.8 Å². The number of hydrogen-bond acceptors (Lipinski definition) is 5. The molecule has 0 bridgehead atoms. The molecule has 2 amide bonds. The van der Waals surface area contributed by atoms with Crippen LogP contribution in [-0.4, -0.2) is 31.4 Å². The van der Waals surface area contributed by atoms with Crippen LogP contribution in [0.25, 0.3) is 0 Å². The molecule has 0 unspecified atom stereocenters. The first-order valence-corrected chi connectivity index (χ1v) is 9.77. The maximum absolute atomic E-state index is 12.6. The second-order valence-electron chi connectivity index (χ2n) is 7.11. The van der Waals surface area contributed by atoms with E-state index in [1.807, 2.05) is 19.9 Å². The lowest BCUT2D eigenvalue weighted by atomic mass is 10.1. The Kier molecular flexibility index (Phi) is 6.87. The normalized spacial score (nSPS) is 10.4. The summed E-state index contributed by atoms with van der Waals surface area (Å²) in [5.41, 5.74) is 3.15. The van der Waals surface area contributed by atoms with E-state index in [2.05, 4.69) is 5.32 Å². The van der Waals surface area contributed by atoms with Crippen LogP contribution in [0.5, 0.6) is 0 Å². The highest BCUT2D eigenvalue weighted by Gasteiger charge is 2.20. The highest BCUT2D eigenvalue weighted by molar-refractivity contribution is 6.05. The van der Waals surface area contributed by atoms with Gasteiger partial charge in [0.15, 0.2) is 6.61 Å². The molecule has 7 heteroatoms. The van der Waals surface area contributed by atoms with Crippen molar-refractivity contribution in [3.8, 4) is 0 Å². The van der Waals surface area contributed by atoms with Crippen LogP contribution >= 0.6 is 0 Å². The molecule has 1 aromatic heterocycles. The fourth-order valence-electron chi connectivity index (χ4n) is 2.94. The number of aryl methyl sites for hydroxylation is 2. The van der Waals surface area contributed by atoms with Crippen molar-refractivity contribution in [1.82, 2.24) is 5.32 Å². The third kappa shape index (κ3) is 5.39. The van der Waals surface area contributed by atoms with Gasteiger partial charge in [-0.05, 0) is 61.4 Å². The van der Waals surface area contributed by atoms with Gasteiger partial charge in [-0.1, -0.05) is 18.2 Å². The van der Waals surface area contributed by atoms with Crippen LogP contribution in [0.2, 0.25) is 0 Å². The van der Waals surface area contributed by atoms with E-state index in [4.69, 9.17) is 9.15 Å². The van der Waals surface area contributed by atoms with E-state index >= 15 is 0 Å². The third-order valence-corrected chi connectivity index (χ3v) is 4.96. The summed E-state index contributed by atoms with van der Waals surface area (Å²) >= 11 is 0. The van der Waals surface area contributed by atoms with Crippen LogP contribution in [0, 0.1) is 13.8 Å². The average Bonchev–Trinajstić information content (AvgIpc) is 3.30. The first-order chi connectivity index (χ1) is 14.9. The van der Waals surface area contributed by atoms with E-state index in [1.54, 1.807) is 48.5 Å². The molecule has 31 heavy (non-hydrogen) atoms. The van der Waals surface area contributed by atoms with Crippen LogP contribution in [0.4, 0.5) is 5.69 Å². The molecule has 2 aromatic carbocycles. The zero-order valence-electron chi connectivity index (χ0n) is 17.7. The largest absolute Gasteiger partial charge is 0.467 e. The van der Waals surface area contributed by atoms with Gasteiger partial charge in [-0.15, -0.1) is 0 Å². The van der Waals surface area contributed by atoms with Crippen LogP contribution in [0.15, 0.2) is 65.3 Å². The molecule has 160 valence electrons. The van der Waals surface area contributed by atoms with Crippen LogP contribution in [0.3, 0.4) is 0 Å². The monoisotopic (exact) mass is 420 g/mol. The predicted molar refractivity (Wildman–Crippen MR) is 116 cm³/mol. The van der Waals surface area contributed by atoms with Gasteiger partial charge in [-0.3, -0.25) is 9.59 Å². The van der Waals surface area contributed by atoms with Crippen molar-refractivity contribution in [2.45, 2.75) is 20.4 Å². The Labute approximate surface area is 180 Å². The number of hydrogen-bond donors (Lipinski definition) is 1. The number of rotatable bonds is 7. The standard InChI is InChI=1S/C24H24N2O5/c1-16-10-11-18(13-17(16)2)24(29)31-15-22(27)26(3)21-9-5-4-8-20(21)23(28)25-14-19-7-6-12-30-19/h4-13H,14-15H2,1-3H3,(H,25,28). The molecule has 0 atom stereocenters. The van der Waals surface area contributed by atoms with Crippen molar-refractivity contribution in [1.29, 1.82) is 0 Å². The molecule has 0 radical (unpaired) electrons. The Morgan fingerprint density at radius 1 is 1.00 bits per heavy atom. The fraction of sp³-hybridized carbons (Fsp3) is 0.208. The molecule has 0 fully saturated rings. The van der Waals surface area contributed by atoms with E-state index in [-0.39, 0.29) is 12.5 Å². The molecular weight excluding hydrogens is 396 g/mol. The second kappa shape index (κ2) is 9.75. The van der Waals surface area contributed by atoms with E-state index in [1.165, 1.54) is 18.2 Å². The minimum atomic E-state index is -0.575. The summed E-state index contributed by atoms with van der Waals surface area (Å²) in [5.74, 6) is -0.759. The molecular formula is C24H24N2O5. The number of carbonyl (C=O) groups excluding carboxylic acids is 3. The number of furan rings is 1. The average molecular weight is 420 g/mol. The Morgan fingerprint density at radius 2 is 1.77 bits per heavy atom. The SMILES string of the molecule is Cc1ccc(C(=O)OCC(=O)N(C)c2ccccc2C(=O)NCc2ccco2)cc1C. The molecule has 7 nitrogen and oxygen atoms in total. The molecule has 1 N–H and O–H groups in total. The molecule has 3 rings (SSSR count). The third-order valence-electron chi connectivity index (χ3n) is 4.96. The molecule has 0 saturated carbocycles. The van der Waals surface area contributed by atoms with Crippen molar-refractivity contribution < 1.29 is 23.5 Å². The van der Waals surface area contributed by atoms with Crippen molar-refractivity contribution in [3.63, 3.8) is 0 Å². The van der Waals surface area contributed by atoms with Gasteiger partial charge >= 0.3 is 5.97 Å². The van der Waals surface area contributed by atoms with Crippen molar-refractivity contribution in [2.75, 3.05) is 18.6 Å². The van der Waals surface area contributed by atoms with E-state index < -0.39 is 18.5 Å². The van der Waals surface area contributed by atoms with Gasteiger partial charge in [0.05, 0.1) is 29.6 Å². The van der Waals surface area contributed by atoms with Crippen molar-refractivity contribution in [3.05, 3.63) is 88.9 Å².